The fraction of sp³-hybridized carbons (Fsp3) is 0.667. The third-order valence-electron chi connectivity index (χ3n) is 4.48. The Morgan fingerprint density at radius 2 is 2.14 bits per heavy atom. The van der Waals surface area contributed by atoms with E-state index in [0.29, 0.717) is 11.8 Å². The van der Waals surface area contributed by atoms with Crippen molar-refractivity contribution < 1.29 is 9.66 Å². The number of nitrogens with zero attached hydrogens (tertiary/aromatic N) is 1. The second kappa shape index (κ2) is 8.16. The average molecular weight is 305 g/mol. The molecule has 0 spiro atoms. The van der Waals surface area contributed by atoms with Gasteiger partial charge in [-0.3, -0.25) is 10.1 Å². The largest absolute Gasteiger partial charge is 0.493 e. The molecule has 0 heterocycles. The monoisotopic (exact) mass is 305 g/mol. The van der Waals surface area contributed by atoms with Crippen molar-refractivity contribution in [2.75, 3.05) is 6.61 Å². The smallest absolute Gasteiger partial charge is 0.269 e. The first-order valence-electron chi connectivity index (χ1n) is 8.54. The van der Waals surface area contributed by atoms with Crippen molar-refractivity contribution in [1.29, 1.82) is 0 Å². The highest BCUT2D eigenvalue weighted by atomic mass is 16.6. The van der Waals surface area contributed by atoms with Crippen LogP contribution in [0.3, 0.4) is 0 Å². The zero-order chi connectivity index (χ0) is 15.9. The van der Waals surface area contributed by atoms with Crippen LogP contribution in [0.4, 0.5) is 5.69 Å². The van der Waals surface area contributed by atoms with Gasteiger partial charge in [0, 0.05) is 17.7 Å². The number of benzene rings is 1. The third-order valence-corrected chi connectivity index (χ3v) is 4.48. The lowest BCUT2D eigenvalue weighted by Gasteiger charge is -2.17. The highest BCUT2D eigenvalue weighted by molar-refractivity contribution is 5.44. The van der Waals surface area contributed by atoms with E-state index in [4.69, 9.17) is 4.74 Å². The van der Waals surface area contributed by atoms with Crippen molar-refractivity contribution >= 4 is 5.69 Å². The molecule has 0 aromatic heterocycles. The number of ether oxygens (including phenoxy) is 1. The molecule has 0 amide bonds. The SMILES string of the molecule is CCCCC(CC)Cc1cc([N+](=O)[O-])ccc1OCC1CC1. The minimum atomic E-state index is -0.318. The van der Waals surface area contributed by atoms with Crippen LogP contribution >= 0.6 is 0 Å². The van der Waals surface area contributed by atoms with Gasteiger partial charge in [0.05, 0.1) is 11.5 Å². The molecule has 1 aliphatic rings. The minimum Gasteiger partial charge on any atom is -0.493 e. The summed E-state index contributed by atoms with van der Waals surface area (Å²) in [6.07, 6.45) is 8.05. The molecule has 122 valence electrons. The maximum atomic E-state index is 11.0. The van der Waals surface area contributed by atoms with Crippen LogP contribution < -0.4 is 4.74 Å². The van der Waals surface area contributed by atoms with Crippen LogP contribution in [-0.2, 0) is 6.42 Å². The summed E-state index contributed by atoms with van der Waals surface area (Å²) >= 11 is 0. The molecule has 0 aliphatic heterocycles. The third kappa shape index (κ3) is 5.00. The first kappa shape index (κ1) is 16.8. The zero-order valence-electron chi connectivity index (χ0n) is 13.7. The summed E-state index contributed by atoms with van der Waals surface area (Å²) in [5.74, 6) is 2.10. The molecule has 0 bridgehead atoms. The second-order valence-electron chi connectivity index (χ2n) is 6.42. The van der Waals surface area contributed by atoms with Crippen LogP contribution in [0.15, 0.2) is 18.2 Å². The molecule has 1 fully saturated rings. The van der Waals surface area contributed by atoms with Crippen molar-refractivity contribution in [2.24, 2.45) is 11.8 Å². The van der Waals surface area contributed by atoms with Crippen LogP contribution in [0.1, 0.15) is 57.9 Å². The predicted octanol–water partition coefficient (Wildman–Crippen LogP) is 5.14. The van der Waals surface area contributed by atoms with Crippen molar-refractivity contribution in [2.45, 2.75) is 58.8 Å². The topological polar surface area (TPSA) is 52.4 Å². The van der Waals surface area contributed by atoms with E-state index in [1.807, 2.05) is 0 Å². The van der Waals surface area contributed by atoms with Gasteiger partial charge in [-0.1, -0.05) is 39.5 Å². The van der Waals surface area contributed by atoms with Gasteiger partial charge in [0.15, 0.2) is 0 Å². The molecule has 1 aromatic carbocycles. The molecular weight excluding hydrogens is 278 g/mol. The molecule has 0 N–H and O–H groups in total. The molecule has 0 saturated heterocycles. The Morgan fingerprint density at radius 1 is 1.36 bits per heavy atom. The Morgan fingerprint density at radius 3 is 2.73 bits per heavy atom. The highest BCUT2D eigenvalue weighted by Gasteiger charge is 2.23. The number of unbranched alkanes of at least 4 members (excludes halogenated alkanes) is 1. The summed E-state index contributed by atoms with van der Waals surface area (Å²) in [4.78, 5) is 10.7. The lowest BCUT2D eigenvalue weighted by Crippen LogP contribution is -2.08. The Hall–Kier alpha value is -1.58. The van der Waals surface area contributed by atoms with E-state index < -0.39 is 0 Å². The Bertz CT molecular complexity index is 497. The Balaban J connectivity index is 2.11. The van der Waals surface area contributed by atoms with E-state index in [2.05, 4.69) is 13.8 Å². The number of nitro groups is 1. The molecule has 1 aliphatic carbocycles. The molecule has 1 aromatic rings. The molecule has 1 unspecified atom stereocenters. The first-order valence-corrected chi connectivity index (χ1v) is 8.54. The quantitative estimate of drug-likeness (QED) is 0.444. The number of hydrogen-bond donors (Lipinski definition) is 0. The van der Waals surface area contributed by atoms with Crippen molar-refractivity contribution in [3.05, 3.63) is 33.9 Å². The van der Waals surface area contributed by atoms with Gasteiger partial charge in [-0.15, -0.1) is 0 Å². The summed E-state index contributed by atoms with van der Waals surface area (Å²) in [5.41, 5.74) is 1.16. The van der Waals surface area contributed by atoms with Crippen LogP contribution in [0, 0.1) is 22.0 Å². The summed E-state index contributed by atoms with van der Waals surface area (Å²) in [6, 6.07) is 5.04. The zero-order valence-corrected chi connectivity index (χ0v) is 13.7. The number of nitro benzene ring substituents is 1. The van der Waals surface area contributed by atoms with Crippen molar-refractivity contribution in [3.63, 3.8) is 0 Å². The van der Waals surface area contributed by atoms with Crippen LogP contribution in [-0.4, -0.2) is 11.5 Å². The van der Waals surface area contributed by atoms with Crippen LogP contribution in [0.25, 0.3) is 0 Å². The van der Waals surface area contributed by atoms with Gasteiger partial charge in [0.2, 0.25) is 0 Å². The first-order chi connectivity index (χ1) is 10.6. The maximum Gasteiger partial charge on any atom is 0.269 e. The van der Waals surface area contributed by atoms with E-state index in [9.17, 15) is 10.1 Å². The molecule has 1 saturated carbocycles. The molecular formula is C18H27NO3. The normalized spacial score (nSPS) is 15.5. The second-order valence-corrected chi connectivity index (χ2v) is 6.42. The van der Waals surface area contributed by atoms with Gasteiger partial charge in [0.1, 0.15) is 5.75 Å². The van der Waals surface area contributed by atoms with E-state index in [1.54, 1.807) is 18.2 Å². The number of non-ortho nitro benzene ring substituents is 1. The molecule has 4 nitrogen and oxygen atoms in total. The van der Waals surface area contributed by atoms with Gasteiger partial charge in [0.25, 0.3) is 5.69 Å². The molecule has 2 rings (SSSR count). The lowest BCUT2D eigenvalue weighted by molar-refractivity contribution is -0.384. The predicted molar refractivity (Wildman–Crippen MR) is 88.3 cm³/mol. The number of hydrogen-bond acceptors (Lipinski definition) is 3. The van der Waals surface area contributed by atoms with Crippen LogP contribution in [0.2, 0.25) is 0 Å². The molecule has 0 radical (unpaired) electrons. The van der Waals surface area contributed by atoms with Gasteiger partial charge in [-0.2, -0.15) is 0 Å². The standard InChI is InChI=1S/C18H27NO3/c1-3-5-6-14(4-2)11-16-12-17(19(20)21)9-10-18(16)22-13-15-7-8-15/h9-10,12,14-15H,3-8,11,13H2,1-2H3. The van der Waals surface area contributed by atoms with E-state index in [0.717, 1.165) is 30.8 Å². The molecule has 1 atom stereocenters. The average Bonchev–Trinajstić information content (AvgIpc) is 3.34. The lowest BCUT2D eigenvalue weighted by atomic mass is 9.91. The van der Waals surface area contributed by atoms with Gasteiger partial charge < -0.3 is 4.74 Å². The molecule has 22 heavy (non-hydrogen) atoms. The highest BCUT2D eigenvalue weighted by Crippen LogP contribution is 2.33. The van der Waals surface area contributed by atoms with Crippen molar-refractivity contribution in [1.82, 2.24) is 0 Å². The minimum absolute atomic E-state index is 0.166. The van der Waals surface area contributed by atoms with Gasteiger partial charge >= 0.3 is 0 Å². The summed E-state index contributed by atoms with van der Waals surface area (Å²) < 4.78 is 5.92. The number of rotatable bonds is 10. The molecule has 4 heteroatoms. The van der Waals surface area contributed by atoms with Gasteiger partial charge in [-0.05, 0) is 37.2 Å². The Labute approximate surface area is 133 Å². The van der Waals surface area contributed by atoms with E-state index >= 15 is 0 Å². The maximum absolute atomic E-state index is 11.0. The Kier molecular flexibility index (Phi) is 6.22. The summed E-state index contributed by atoms with van der Waals surface area (Å²) in [5, 5.41) is 11.0. The summed E-state index contributed by atoms with van der Waals surface area (Å²) in [6.45, 7) is 5.14. The fourth-order valence-corrected chi connectivity index (χ4v) is 2.73. The van der Waals surface area contributed by atoms with E-state index in [-0.39, 0.29) is 10.6 Å². The van der Waals surface area contributed by atoms with Crippen LogP contribution in [0.5, 0.6) is 5.75 Å². The van der Waals surface area contributed by atoms with Gasteiger partial charge in [-0.25, -0.2) is 0 Å². The summed E-state index contributed by atoms with van der Waals surface area (Å²) in [7, 11) is 0. The fourth-order valence-electron chi connectivity index (χ4n) is 2.73. The van der Waals surface area contributed by atoms with E-state index in [1.165, 1.54) is 32.1 Å². The van der Waals surface area contributed by atoms with Crippen molar-refractivity contribution in [3.8, 4) is 5.75 Å².